The topological polar surface area (TPSA) is 57.8 Å². The zero-order valence-corrected chi connectivity index (χ0v) is 10.3. The van der Waals surface area contributed by atoms with Crippen LogP contribution in [0.15, 0.2) is 29.1 Å². The van der Waals surface area contributed by atoms with Crippen LogP contribution in [0.5, 0.6) is 0 Å². The van der Waals surface area contributed by atoms with Crippen molar-refractivity contribution < 1.29 is 0 Å². The van der Waals surface area contributed by atoms with Gasteiger partial charge in [0.05, 0.1) is 5.69 Å². The molecule has 1 aromatic carbocycles. The summed E-state index contributed by atoms with van der Waals surface area (Å²) in [5.74, 6) is 0.658. The van der Waals surface area contributed by atoms with Gasteiger partial charge in [-0.15, -0.1) is 0 Å². The number of aryl methyl sites for hydroxylation is 1. The van der Waals surface area contributed by atoms with Crippen molar-refractivity contribution in [1.29, 1.82) is 0 Å². The van der Waals surface area contributed by atoms with Gasteiger partial charge < -0.3 is 10.3 Å². The number of aromatic nitrogens is 2. The molecule has 2 N–H and O–H groups in total. The van der Waals surface area contributed by atoms with Crippen molar-refractivity contribution in [3.8, 4) is 11.4 Å². The Hall–Kier alpha value is -1.94. The molecule has 0 saturated heterocycles. The molecule has 92 valence electrons. The maximum atomic E-state index is 12.0. The number of benzene rings is 1. The monoisotopic (exact) mass is 241 g/mol. The molecule has 0 atom stereocenters. The molecule has 0 saturated carbocycles. The van der Waals surface area contributed by atoms with E-state index in [0.29, 0.717) is 12.4 Å². The van der Waals surface area contributed by atoms with Gasteiger partial charge in [-0.25, -0.2) is 4.98 Å². The first-order valence-electron chi connectivity index (χ1n) is 6.14. The lowest BCUT2D eigenvalue weighted by Crippen LogP contribution is -2.31. The smallest absolute Gasteiger partial charge is 0.254 e. The molecule has 1 aliphatic heterocycles. The van der Waals surface area contributed by atoms with Gasteiger partial charge in [0.2, 0.25) is 0 Å². The molecule has 2 aromatic rings. The minimum absolute atomic E-state index is 0.00185. The van der Waals surface area contributed by atoms with Crippen LogP contribution in [0, 0.1) is 6.92 Å². The molecule has 18 heavy (non-hydrogen) atoms. The fourth-order valence-electron chi connectivity index (χ4n) is 2.30. The Bertz CT molecular complexity index is 646. The number of hydrogen-bond donors (Lipinski definition) is 2. The third kappa shape index (κ3) is 1.95. The van der Waals surface area contributed by atoms with Gasteiger partial charge in [0.1, 0.15) is 5.82 Å². The van der Waals surface area contributed by atoms with Crippen molar-refractivity contribution in [2.24, 2.45) is 0 Å². The molecular formula is C14H15N3O. The van der Waals surface area contributed by atoms with Crippen molar-refractivity contribution in [1.82, 2.24) is 15.3 Å². The van der Waals surface area contributed by atoms with E-state index in [4.69, 9.17) is 0 Å². The lowest BCUT2D eigenvalue weighted by atomic mass is 10.1. The van der Waals surface area contributed by atoms with E-state index in [0.717, 1.165) is 35.3 Å². The highest BCUT2D eigenvalue weighted by molar-refractivity contribution is 5.56. The second-order valence-electron chi connectivity index (χ2n) is 4.64. The fraction of sp³-hybridized carbons (Fsp3) is 0.286. The number of H-pyrrole nitrogens is 1. The summed E-state index contributed by atoms with van der Waals surface area (Å²) in [5.41, 5.74) is 3.82. The van der Waals surface area contributed by atoms with Gasteiger partial charge in [0.25, 0.3) is 5.56 Å². The number of nitrogens with zero attached hydrogens (tertiary/aromatic N) is 1. The van der Waals surface area contributed by atoms with Crippen molar-refractivity contribution >= 4 is 0 Å². The number of aromatic amines is 1. The molecule has 3 rings (SSSR count). The number of hydrogen-bond acceptors (Lipinski definition) is 3. The predicted molar refractivity (Wildman–Crippen MR) is 70.4 cm³/mol. The summed E-state index contributed by atoms with van der Waals surface area (Å²) in [5, 5.41) is 3.24. The standard InChI is InChI=1S/C14H15N3O/c1-9-3-2-4-10(7-9)13-16-12-8-15-6-5-11(12)14(18)17-13/h2-4,7,15H,5-6,8H2,1H3,(H,16,17,18). The lowest BCUT2D eigenvalue weighted by molar-refractivity contribution is 0.619. The molecule has 0 aliphatic carbocycles. The zero-order valence-electron chi connectivity index (χ0n) is 10.3. The average Bonchev–Trinajstić information content (AvgIpc) is 2.39. The number of rotatable bonds is 1. The first-order chi connectivity index (χ1) is 8.74. The van der Waals surface area contributed by atoms with Crippen molar-refractivity contribution in [3.05, 3.63) is 51.4 Å². The van der Waals surface area contributed by atoms with Gasteiger partial charge in [0, 0.05) is 17.7 Å². The molecular weight excluding hydrogens is 226 g/mol. The Morgan fingerprint density at radius 3 is 3.06 bits per heavy atom. The molecule has 4 heteroatoms. The summed E-state index contributed by atoms with van der Waals surface area (Å²) in [6.07, 6.45) is 0.756. The minimum Gasteiger partial charge on any atom is -0.311 e. The van der Waals surface area contributed by atoms with E-state index < -0.39 is 0 Å². The molecule has 0 fully saturated rings. The van der Waals surface area contributed by atoms with Crippen LogP contribution < -0.4 is 10.9 Å². The number of nitrogens with one attached hydrogen (secondary N) is 2. The van der Waals surface area contributed by atoms with Crippen LogP contribution in [0.4, 0.5) is 0 Å². The van der Waals surface area contributed by atoms with Crippen LogP contribution in [-0.4, -0.2) is 16.5 Å². The van der Waals surface area contributed by atoms with Gasteiger partial charge in [-0.3, -0.25) is 4.79 Å². The molecule has 0 spiro atoms. The first kappa shape index (κ1) is 11.2. The maximum absolute atomic E-state index is 12.0. The van der Waals surface area contributed by atoms with E-state index in [1.807, 2.05) is 31.2 Å². The summed E-state index contributed by atoms with van der Waals surface area (Å²) in [6.45, 7) is 3.56. The van der Waals surface area contributed by atoms with E-state index in [-0.39, 0.29) is 5.56 Å². The number of fused-ring (bicyclic) bond motifs is 1. The summed E-state index contributed by atoms with van der Waals surface area (Å²) in [4.78, 5) is 19.5. The Labute approximate surface area is 105 Å². The molecule has 2 heterocycles. The van der Waals surface area contributed by atoms with E-state index in [2.05, 4.69) is 15.3 Å². The van der Waals surface area contributed by atoms with Crippen LogP contribution in [0.1, 0.15) is 16.8 Å². The first-order valence-corrected chi connectivity index (χ1v) is 6.14. The molecule has 0 unspecified atom stereocenters. The van der Waals surface area contributed by atoms with Gasteiger partial charge in [-0.2, -0.15) is 0 Å². The third-order valence-corrected chi connectivity index (χ3v) is 3.24. The highest BCUT2D eigenvalue weighted by Gasteiger charge is 2.15. The SMILES string of the molecule is Cc1cccc(-c2nc3c(c(=O)[nH]2)CCNC3)c1. The lowest BCUT2D eigenvalue weighted by Gasteiger charge is -2.16. The molecule has 4 nitrogen and oxygen atoms in total. The van der Waals surface area contributed by atoms with Crippen molar-refractivity contribution in [2.45, 2.75) is 19.9 Å². The van der Waals surface area contributed by atoms with E-state index in [1.165, 1.54) is 0 Å². The molecule has 0 radical (unpaired) electrons. The van der Waals surface area contributed by atoms with Gasteiger partial charge in [-0.05, 0) is 26.0 Å². The van der Waals surface area contributed by atoms with Crippen LogP contribution in [0.3, 0.4) is 0 Å². The fourth-order valence-corrected chi connectivity index (χ4v) is 2.30. The quantitative estimate of drug-likeness (QED) is 0.793. The van der Waals surface area contributed by atoms with Gasteiger partial charge in [-0.1, -0.05) is 23.8 Å². The Morgan fingerprint density at radius 1 is 1.33 bits per heavy atom. The maximum Gasteiger partial charge on any atom is 0.254 e. The van der Waals surface area contributed by atoms with Crippen LogP contribution in [0.25, 0.3) is 11.4 Å². The average molecular weight is 241 g/mol. The summed E-state index contributed by atoms with van der Waals surface area (Å²) >= 11 is 0. The highest BCUT2D eigenvalue weighted by atomic mass is 16.1. The molecule has 0 amide bonds. The van der Waals surface area contributed by atoms with Crippen molar-refractivity contribution in [3.63, 3.8) is 0 Å². The van der Waals surface area contributed by atoms with Crippen LogP contribution >= 0.6 is 0 Å². The Kier molecular flexibility index (Phi) is 2.72. The summed E-state index contributed by atoms with van der Waals surface area (Å²) in [7, 11) is 0. The highest BCUT2D eigenvalue weighted by Crippen LogP contribution is 2.17. The predicted octanol–water partition coefficient (Wildman–Crippen LogP) is 1.39. The Balaban J connectivity index is 2.14. The van der Waals surface area contributed by atoms with E-state index in [1.54, 1.807) is 0 Å². The minimum atomic E-state index is -0.00185. The molecule has 1 aliphatic rings. The molecule has 0 bridgehead atoms. The van der Waals surface area contributed by atoms with Gasteiger partial charge in [0.15, 0.2) is 0 Å². The van der Waals surface area contributed by atoms with Gasteiger partial charge >= 0.3 is 0 Å². The summed E-state index contributed by atoms with van der Waals surface area (Å²) < 4.78 is 0. The van der Waals surface area contributed by atoms with Crippen molar-refractivity contribution in [2.75, 3.05) is 6.54 Å². The second kappa shape index (κ2) is 4.38. The van der Waals surface area contributed by atoms with E-state index >= 15 is 0 Å². The largest absolute Gasteiger partial charge is 0.311 e. The summed E-state index contributed by atoms with van der Waals surface area (Å²) in [6, 6.07) is 8.00. The zero-order chi connectivity index (χ0) is 12.5. The normalized spacial score (nSPS) is 14.3. The van der Waals surface area contributed by atoms with Crippen LogP contribution in [-0.2, 0) is 13.0 Å². The van der Waals surface area contributed by atoms with Crippen LogP contribution in [0.2, 0.25) is 0 Å². The second-order valence-corrected chi connectivity index (χ2v) is 4.64. The third-order valence-electron chi connectivity index (χ3n) is 3.24. The van der Waals surface area contributed by atoms with E-state index in [9.17, 15) is 4.79 Å². The molecule has 1 aromatic heterocycles. The Morgan fingerprint density at radius 2 is 2.22 bits per heavy atom.